The number of hydrogen-bond acceptors (Lipinski definition) is 4. The Labute approximate surface area is 177 Å². The molecule has 0 radical (unpaired) electrons. The lowest BCUT2D eigenvalue weighted by Gasteiger charge is -2.24. The van der Waals surface area contributed by atoms with E-state index in [1.54, 1.807) is 48.5 Å². The molecule has 0 bridgehead atoms. The van der Waals surface area contributed by atoms with Crippen LogP contribution in [0.3, 0.4) is 0 Å². The lowest BCUT2D eigenvalue weighted by Crippen LogP contribution is -2.41. The van der Waals surface area contributed by atoms with Crippen LogP contribution in [0.1, 0.15) is 5.56 Å². The van der Waals surface area contributed by atoms with Gasteiger partial charge < -0.3 is 10.1 Å². The SMILES string of the molecule is O=C(CN(c1ccccc1)S(=O)(=O)c1ccccc1)NCCOCc1ccccc1. The molecule has 7 heteroatoms. The molecule has 0 aliphatic rings. The Bertz CT molecular complexity index is 1030. The van der Waals surface area contributed by atoms with Crippen molar-refractivity contribution < 1.29 is 17.9 Å². The number of benzene rings is 3. The number of ether oxygens (including phenoxy) is 1. The molecule has 0 spiro atoms. The fourth-order valence-electron chi connectivity index (χ4n) is 2.84. The van der Waals surface area contributed by atoms with Crippen LogP contribution in [-0.4, -0.2) is 34.0 Å². The zero-order valence-electron chi connectivity index (χ0n) is 16.5. The van der Waals surface area contributed by atoms with E-state index >= 15 is 0 Å². The summed E-state index contributed by atoms with van der Waals surface area (Å²) in [5, 5.41) is 2.72. The molecule has 0 atom stereocenters. The zero-order valence-corrected chi connectivity index (χ0v) is 17.3. The number of para-hydroxylation sites is 1. The van der Waals surface area contributed by atoms with E-state index in [2.05, 4.69) is 5.32 Å². The van der Waals surface area contributed by atoms with Crippen LogP contribution in [0.25, 0.3) is 0 Å². The van der Waals surface area contributed by atoms with Crippen molar-refractivity contribution in [2.24, 2.45) is 0 Å². The zero-order chi connectivity index (χ0) is 21.2. The minimum atomic E-state index is -3.88. The summed E-state index contributed by atoms with van der Waals surface area (Å²) in [4.78, 5) is 12.6. The van der Waals surface area contributed by atoms with Crippen LogP contribution in [0.2, 0.25) is 0 Å². The number of amides is 1. The molecule has 0 aromatic heterocycles. The summed E-state index contributed by atoms with van der Waals surface area (Å²) in [6.07, 6.45) is 0. The van der Waals surface area contributed by atoms with Crippen molar-refractivity contribution >= 4 is 21.6 Å². The number of carbonyl (C=O) groups is 1. The fraction of sp³-hybridized carbons (Fsp3) is 0.174. The number of anilines is 1. The fourth-order valence-corrected chi connectivity index (χ4v) is 4.28. The van der Waals surface area contributed by atoms with Crippen molar-refractivity contribution in [3.05, 3.63) is 96.6 Å². The summed E-state index contributed by atoms with van der Waals surface area (Å²) in [5.74, 6) is -0.401. The highest BCUT2D eigenvalue weighted by atomic mass is 32.2. The number of carbonyl (C=O) groups excluding carboxylic acids is 1. The first-order valence-electron chi connectivity index (χ1n) is 9.58. The van der Waals surface area contributed by atoms with Crippen LogP contribution in [0.4, 0.5) is 5.69 Å². The van der Waals surface area contributed by atoms with Crippen LogP contribution >= 0.6 is 0 Å². The molecule has 0 heterocycles. The first-order chi connectivity index (χ1) is 14.6. The molecular weight excluding hydrogens is 400 g/mol. The Morgan fingerprint density at radius 3 is 2.03 bits per heavy atom. The quantitative estimate of drug-likeness (QED) is 0.507. The van der Waals surface area contributed by atoms with Crippen molar-refractivity contribution in [2.75, 3.05) is 24.0 Å². The van der Waals surface area contributed by atoms with E-state index in [-0.39, 0.29) is 11.4 Å². The van der Waals surface area contributed by atoms with Gasteiger partial charge in [-0.25, -0.2) is 8.42 Å². The summed E-state index contributed by atoms with van der Waals surface area (Å²) >= 11 is 0. The summed E-state index contributed by atoms with van der Waals surface area (Å²) in [6, 6.07) is 26.4. The molecule has 0 aliphatic carbocycles. The van der Waals surface area contributed by atoms with E-state index < -0.39 is 15.9 Å². The molecule has 3 aromatic carbocycles. The molecule has 0 saturated heterocycles. The second kappa shape index (κ2) is 10.6. The van der Waals surface area contributed by atoms with Gasteiger partial charge in [0.15, 0.2) is 0 Å². The number of sulfonamides is 1. The van der Waals surface area contributed by atoms with Gasteiger partial charge in [-0.15, -0.1) is 0 Å². The molecule has 6 nitrogen and oxygen atoms in total. The van der Waals surface area contributed by atoms with Gasteiger partial charge in [-0.3, -0.25) is 9.10 Å². The van der Waals surface area contributed by atoms with Crippen molar-refractivity contribution in [2.45, 2.75) is 11.5 Å². The molecule has 3 aromatic rings. The number of nitrogens with one attached hydrogen (secondary N) is 1. The lowest BCUT2D eigenvalue weighted by atomic mass is 10.2. The summed E-state index contributed by atoms with van der Waals surface area (Å²) < 4.78 is 32.9. The molecule has 1 N–H and O–H groups in total. The highest BCUT2D eigenvalue weighted by Gasteiger charge is 2.26. The largest absolute Gasteiger partial charge is 0.375 e. The van der Waals surface area contributed by atoms with Crippen LogP contribution in [0.5, 0.6) is 0 Å². The van der Waals surface area contributed by atoms with Gasteiger partial charge in [-0.2, -0.15) is 0 Å². The minimum Gasteiger partial charge on any atom is -0.375 e. The van der Waals surface area contributed by atoms with E-state index in [0.29, 0.717) is 25.4 Å². The molecule has 1 amide bonds. The Morgan fingerprint density at radius 1 is 0.833 bits per heavy atom. The second-order valence-corrected chi connectivity index (χ2v) is 8.41. The Morgan fingerprint density at radius 2 is 1.40 bits per heavy atom. The minimum absolute atomic E-state index is 0.132. The normalized spacial score (nSPS) is 11.1. The third kappa shape index (κ3) is 5.92. The first kappa shape index (κ1) is 21.5. The number of rotatable bonds is 10. The van der Waals surface area contributed by atoms with Crippen LogP contribution in [0.15, 0.2) is 95.9 Å². The van der Waals surface area contributed by atoms with Crippen LogP contribution in [-0.2, 0) is 26.2 Å². The topological polar surface area (TPSA) is 75.7 Å². The van der Waals surface area contributed by atoms with Gasteiger partial charge in [-0.05, 0) is 29.8 Å². The maximum Gasteiger partial charge on any atom is 0.264 e. The standard InChI is InChI=1S/C23H24N2O4S/c26-23(24-16-17-29-19-20-10-4-1-5-11-20)18-25(21-12-6-2-7-13-21)30(27,28)22-14-8-3-9-15-22/h1-15H,16-19H2,(H,24,26). The van der Waals surface area contributed by atoms with Gasteiger partial charge in [0, 0.05) is 6.54 Å². The van der Waals surface area contributed by atoms with Crippen molar-refractivity contribution in [3.63, 3.8) is 0 Å². The van der Waals surface area contributed by atoms with Gasteiger partial charge in [0.2, 0.25) is 5.91 Å². The van der Waals surface area contributed by atoms with E-state index in [1.165, 1.54) is 12.1 Å². The molecule has 0 saturated carbocycles. The third-order valence-corrected chi connectivity index (χ3v) is 6.13. The monoisotopic (exact) mass is 424 g/mol. The van der Waals surface area contributed by atoms with E-state index in [1.807, 2.05) is 30.3 Å². The van der Waals surface area contributed by atoms with Crippen molar-refractivity contribution in [1.29, 1.82) is 0 Å². The molecular formula is C23H24N2O4S. The first-order valence-corrected chi connectivity index (χ1v) is 11.0. The van der Waals surface area contributed by atoms with Gasteiger partial charge in [0.1, 0.15) is 6.54 Å². The maximum atomic E-state index is 13.1. The van der Waals surface area contributed by atoms with Crippen LogP contribution in [0, 0.1) is 0 Å². The molecule has 0 fully saturated rings. The molecule has 0 unspecified atom stereocenters. The van der Waals surface area contributed by atoms with Gasteiger partial charge >= 0.3 is 0 Å². The summed E-state index contributed by atoms with van der Waals surface area (Å²) in [7, 11) is -3.88. The van der Waals surface area contributed by atoms with E-state index in [4.69, 9.17) is 4.74 Å². The van der Waals surface area contributed by atoms with E-state index in [0.717, 1.165) is 9.87 Å². The van der Waals surface area contributed by atoms with Crippen molar-refractivity contribution in [1.82, 2.24) is 5.32 Å². The molecule has 3 rings (SSSR count). The highest BCUT2D eigenvalue weighted by molar-refractivity contribution is 7.92. The Balaban J connectivity index is 1.60. The average Bonchev–Trinajstić information content (AvgIpc) is 2.79. The predicted molar refractivity (Wildman–Crippen MR) is 117 cm³/mol. The number of hydrogen-bond donors (Lipinski definition) is 1. The average molecular weight is 425 g/mol. The second-order valence-electron chi connectivity index (χ2n) is 6.55. The molecule has 0 aliphatic heterocycles. The van der Waals surface area contributed by atoms with Gasteiger partial charge in [-0.1, -0.05) is 66.7 Å². The lowest BCUT2D eigenvalue weighted by molar-refractivity contribution is -0.119. The Kier molecular flexibility index (Phi) is 7.59. The third-order valence-electron chi connectivity index (χ3n) is 4.34. The predicted octanol–water partition coefficient (Wildman–Crippen LogP) is 3.21. The molecule has 30 heavy (non-hydrogen) atoms. The van der Waals surface area contributed by atoms with Gasteiger partial charge in [0.25, 0.3) is 10.0 Å². The van der Waals surface area contributed by atoms with Crippen LogP contribution < -0.4 is 9.62 Å². The molecule has 156 valence electrons. The van der Waals surface area contributed by atoms with Gasteiger partial charge in [0.05, 0.1) is 23.8 Å². The van der Waals surface area contributed by atoms with Crippen molar-refractivity contribution in [3.8, 4) is 0 Å². The smallest absolute Gasteiger partial charge is 0.264 e. The maximum absolute atomic E-state index is 13.1. The van der Waals surface area contributed by atoms with E-state index in [9.17, 15) is 13.2 Å². The Hall–Kier alpha value is -3.16. The summed E-state index contributed by atoms with van der Waals surface area (Å²) in [6.45, 7) is 0.756. The highest BCUT2D eigenvalue weighted by Crippen LogP contribution is 2.22. The number of nitrogens with zero attached hydrogens (tertiary/aromatic N) is 1. The summed E-state index contributed by atoms with van der Waals surface area (Å²) in [5.41, 5.74) is 1.48.